The van der Waals surface area contributed by atoms with Gasteiger partial charge in [-0.05, 0) is 37.0 Å². The fourth-order valence-electron chi connectivity index (χ4n) is 2.55. The molecule has 0 aliphatic heterocycles. The molecule has 1 unspecified atom stereocenters. The Balaban J connectivity index is 2.11. The Labute approximate surface area is 128 Å². The lowest BCUT2D eigenvalue weighted by atomic mass is 10.1. The van der Waals surface area contributed by atoms with Crippen LogP contribution in [0.4, 0.5) is 4.79 Å². The molecular weight excluding hydrogens is 299 g/mol. The van der Waals surface area contributed by atoms with Gasteiger partial charge in [-0.1, -0.05) is 29.3 Å². The second kappa shape index (κ2) is 6.66. The first kappa shape index (κ1) is 15.4. The summed E-state index contributed by atoms with van der Waals surface area (Å²) in [5, 5.41) is 13.1. The molecule has 1 aromatic rings. The van der Waals surface area contributed by atoms with Gasteiger partial charge in [0, 0.05) is 13.1 Å². The number of carbonyl (C=O) groups is 1. The summed E-state index contributed by atoms with van der Waals surface area (Å²) < 4.78 is 0. The van der Waals surface area contributed by atoms with E-state index >= 15 is 0 Å². The third-order valence-electron chi connectivity index (χ3n) is 3.63. The minimum Gasteiger partial charge on any atom is -0.395 e. The lowest BCUT2D eigenvalue weighted by Gasteiger charge is -2.23. The SMILES string of the molecule is CCN(CCO)C(=O)NC1CCc2c1ccc(Cl)c2Cl. The summed E-state index contributed by atoms with van der Waals surface area (Å²) in [5.74, 6) is 0. The quantitative estimate of drug-likeness (QED) is 0.897. The molecule has 0 saturated heterocycles. The first-order chi connectivity index (χ1) is 9.58. The highest BCUT2D eigenvalue weighted by Gasteiger charge is 2.27. The summed E-state index contributed by atoms with van der Waals surface area (Å²) in [6.07, 6.45) is 1.63. The number of aliphatic hydroxyl groups is 1. The summed E-state index contributed by atoms with van der Waals surface area (Å²) in [5.41, 5.74) is 2.06. The highest BCUT2D eigenvalue weighted by atomic mass is 35.5. The number of benzene rings is 1. The van der Waals surface area contributed by atoms with E-state index in [-0.39, 0.29) is 18.7 Å². The first-order valence-electron chi connectivity index (χ1n) is 6.71. The Bertz CT molecular complexity index is 508. The van der Waals surface area contributed by atoms with E-state index in [9.17, 15) is 4.79 Å². The van der Waals surface area contributed by atoms with Gasteiger partial charge >= 0.3 is 6.03 Å². The maximum atomic E-state index is 12.1. The van der Waals surface area contributed by atoms with Crippen LogP contribution in [0.25, 0.3) is 0 Å². The topological polar surface area (TPSA) is 52.6 Å². The molecule has 0 radical (unpaired) electrons. The molecule has 1 aliphatic rings. The van der Waals surface area contributed by atoms with Crippen LogP contribution in [0.1, 0.15) is 30.5 Å². The second-order valence-corrected chi connectivity index (χ2v) is 5.56. The van der Waals surface area contributed by atoms with Gasteiger partial charge in [-0.3, -0.25) is 0 Å². The number of rotatable bonds is 4. The molecule has 6 heteroatoms. The molecule has 4 nitrogen and oxygen atoms in total. The van der Waals surface area contributed by atoms with Crippen LogP contribution in [0.2, 0.25) is 10.0 Å². The molecule has 0 aromatic heterocycles. The molecule has 20 heavy (non-hydrogen) atoms. The summed E-state index contributed by atoms with van der Waals surface area (Å²) in [6.45, 7) is 2.75. The van der Waals surface area contributed by atoms with Gasteiger partial charge < -0.3 is 15.3 Å². The third kappa shape index (κ3) is 3.03. The minimum absolute atomic E-state index is 0.0377. The molecule has 1 aliphatic carbocycles. The zero-order valence-corrected chi connectivity index (χ0v) is 12.8. The van der Waals surface area contributed by atoms with Crippen molar-refractivity contribution in [1.82, 2.24) is 10.2 Å². The van der Waals surface area contributed by atoms with Crippen LogP contribution < -0.4 is 5.32 Å². The number of aliphatic hydroxyl groups excluding tert-OH is 1. The lowest BCUT2D eigenvalue weighted by molar-refractivity contribution is 0.177. The van der Waals surface area contributed by atoms with E-state index in [1.165, 1.54) is 0 Å². The summed E-state index contributed by atoms with van der Waals surface area (Å²) in [6, 6.07) is 3.48. The van der Waals surface area contributed by atoms with Crippen molar-refractivity contribution in [3.05, 3.63) is 33.3 Å². The van der Waals surface area contributed by atoms with E-state index < -0.39 is 0 Å². The predicted octanol–water partition coefficient (Wildman–Crippen LogP) is 3.00. The predicted molar refractivity (Wildman–Crippen MR) is 80.4 cm³/mol. The number of hydrogen-bond donors (Lipinski definition) is 2. The van der Waals surface area contributed by atoms with Crippen molar-refractivity contribution in [2.75, 3.05) is 19.7 Å². The zero-order valence-electron chi connectivity index (χ0n) is 11.3. The molecule has 2 amide bonds. The van der Waals surface area contributed by atoms with Gasteiger partial charge in [-0.15, -0.1) is 0 Å². The van der Waals surface area contributed by atoms with Crippen LogP contribution in [-0.4, -0.2) is 35.7 Å². The Kier molecular flexibility index (Phi) is 5.13. The molecule has 0 spiro atoms. The summed E-state index contributed by atoms with van der Waals surface area (Å²) in [7, 11) is 0. The number of fused-ring (bicyclic) bond motifs is 1. The van der Waals surface area contributed by atoms with E-state index in [1.54, 1.807) is 11.0 Å². The summed E-state index contributed by atoms with van der Waals surface area (Å²) >= 11 is 12.2. The number of urea groups is 1. The van der Waals surface area contributed by atoms with Crippen LogP contribution >= 0.6 is 23.2 Å². The van der Waals surface area contributed by atoms with Gasteiger partial charge in [-0.25, -0.2) is 4.79 Å². The van der Waals surface area contributed by atoms with Crippen LogP contribution in [0.15, 0.2) is 12.1 Å². The fourth-order valence-corrected chi connectivity index (χ4v) is 2.99. The van der Waals surface area contributed by atoms with E-state index in [4.69, 9.17) is 28.3 Å². The number of amides is 2. The van der Waals surface area contributed by atoms with Crippen molar-refractivity contribution in [3.63, 3.8) is 0 Å². The van der Waals surface area contributed by atoms with Gasteiger partial charge in [0.25, 0.3) is 0 Å². The highest BCUT2D eigenvalue weighted by Crippen LogP contribution is 2.39. The van der Waals surface area contributed by atoms with Gasteiger partial charge in [0.1, 0.15) is 0 Å². The van der Waals surface area contributed by atoms with Gasteiger partial charge in [-0.2, -0.15) is 0 Å². The average molecular weight is 317 g/mol. The van der Waals surface area contributed by atoms with Crippen molar-refractivity contribution in [2.45, 2.75) is 25.8 Å². The van der Waals surface area contributed by atoms with Crippen LogP contribution in [0, 0.1) is 0 Å². The molecule has 0 saturated carbocycles. The van der Waals surface area contributed by atoms with E-state index in [0.717, 1.165) is 24.0 Å². The average Bonchev–Trinajstić information content (AvgIpc) is 2.84. The number of nitrogens with one attached hydrogen (secondary N) is 1. The van der Waals surface area contributed by atoms with Crippen molar-refractivity contribution in [1.29, 1.82) is 0 Å². The molecule has 1 aromatic carbocycles. The Morgan fingerprint density at radius 2 is 2.25 bits per heavy atom. The standard InChI is InChI=1S/C14H18Cl2N2O2/c1-2-18(7-8-19)14(20)17-12-6-4-10-9(12)3-5-11(15)13(10)16/h3,5,12,19H,2,4,6-8H2,1H3,(H,17,20). The Hall–Kier alpha value is -0.970. The molecule has 110 valence electrons. The van der Waals surface area contributed by atoms with Gasteiger partial charge in [0.2, 0.25) is 0 Å². The lowest BCUT2D eigenvalue weighted by Crippen LogP contribution is -2.42. The van der Waals surface area contributed by atoms with Gasteiger partial charge in [0.05, 0.1) is 22.7 Å². The Morgan fingerprint density at radius 1 is 1.50 bits per heavy atom. The smallest absolute Gasteiger partial charge is 0.317 e. The molecule has 0 fully saturated rings. The molecule has 1 atom stereocenters. The van der Waals surface area contributed by atoms with Gasteiger partial charge in [0.15, 0.2) is 0 Å². The molecule has 2 N–H and O–H groups in total. The third-order valence-corrected chi connectivity index (χ3v) is 4.47. The van der Waals surface area contributed by atoms with E-state index in [0.29, 0.717) is 23.1 Å². The highest BCUT2D eigenvalue weighted by molar-refractivity contribution is 6.42. The number of carbonyl (C=O) groups excluding carboxylic acids is 1. The van der Waals surface area contributed by atoms with Crippen molar-refractivity contribution < 1.29 is 9.90 Å². The Morgan fingerprint density at radius 3 is 2.90 bits per heavy atom. The molecule has 2 rings (SSSR count). The van der Waals surface area contributed by atoms with Crippen LogP contribution in [-0.2, 0) is 6.42 Å². The number of likely N-dealkylation sites (N-methyl/N-ethyl adjacent to an activating group) is 1. The van der Waals surface area contributed by atoms with E-state index in [2.05, 4.69) is 5.32 Å². The fraction of sp³-hybridized carbons (Fsp3) is 0.500. The minimum atomic E-state index is -0.162. The molecule has 0 heterocycles. The maximum Gasteiger partial charge on any atom is 0.317 e. The van der Waals surface area contributed by atoms with Crippen molar-refractivity contribution >= 4 is 29.2 Å². The zero-order chi connectivity index (χ0) is 14.7. The van der Waals surface area contributed by atoms with Crippen molar-refractivity contribution in [2.24, 2.45) is 0 Å². The maximum absolute atomic E-state index is 12.1. The van der Waals surface area contributed by atoms with Crippen molar-refractivity contribution in [3.8, 4) is 0 Å². The second-order valence-electron chi connectivity index (χ2n) is 4.77. The largest absolute Gasteiger partial charge is 0.395 e. The molecule has 0 bridgehead atoms. The van der Waals surface area contributed by atoms with Crippen LogP contribution in [0.5, 0.6) is 0 Å². The first-order valence-corrected chi connectivity index (χ1v) is 7.47. The van der Waals surface area contributed by atoms with Crippen LogP contribution in [0.3, 0.4) is 0 Å². The number of nitrogens with zero attached hydrogens (tertiary/aromatic N) is 1. The number of hydrogen-bond acceptors (Lipinski definition) is 2. The molecular formula is C14H18Cl2N2O2. The summed E-state index contributed by atoms with van der Waals surface area (Å²) in [4.78, 5) is 13.7. The monoisotopic (exact) mass is 316 g/mol. The van der Waals surface area contributed by atoms with E-state index in [1.807, 2.05) is 13.0 Å². The normalized spacial score (nSPS) is 16.9. The number of halogens is 2.